The number of amides is 2. The molecule has 1 aliphatic rings. The summed E-state index contributed by atoms with van der Waals surface area (Å²) in [5, 5.41) is 8.93. The van der Waals surface area contributed by atoms with Crippen molar-refractivity contribution < 1.29 is 18.7 Å². The van der Waals surface area contributed by atoms with Crippen LogP contribution in [0.15, 0.2) is 28.1 Å². The molecular formula is C23H25BrFN3O3S. The number of hydrogen-bond acceptors (Lipinski definition) is 5. The van der Waals surface area contributed by atoms with Crippen LogP contribution in [0.4, 0.5) is 9.18 Å². The average Bonchev–Trinajstić information content (AvgIpc) is 3.13. The summed E-state index contributed by atoms with van der Waals surface area (Å²) in [6, 6.07) is 7.80. The number of piperidine rings is 1. The average molecular weight is 522 g/mol. The van der Waals surface area contributed by atoms with Crippen LogP contribution in [0.5, 0.6) is 0 Å². The van der Waals surface area contributed by atoms with E-state index in [1.807, 2.05) is 20.8 Å². The number of likely N-dealkylation sites (N-methyl/N-ethyl adjacent to an activating group) is 1. The van der Waals surface area contributed by atoms with Crippen molar-refractivity contribution >= 4 is 39.3 Å². The van der Waals surface area contributed by atoms with Gasteiger partial charge in [0.1, 0.15) is 17.5 Å². The maximum atomic E-state index is 14.1. The van der Waals surface area contributed by atoms with E-state index < -0.39 is 17.5 Å². The zero-order valence-corrected chi connectivity index (χ0v) is 20.8. The fraction of sp³-hybridized carbons (Fsp3) is 0.435. The number of carbonyl (C=O) groups excluding carboxylic acids is 2. The van der Waals surface area contributed by atoms with E-state index in [9.17, 15) is 14.0 Å². The van der Waals surface area contributed by atoms with Crippen molar-refractivity contribution in [1.29, 1.82) is 5.26 Å². The van der Waals surface area contributed by atoms with Gasteiger partial charge in [-0.1, -0.05) is 6.07 Å². The second-order valence-corrected chi connectivity index (χ2v) is 11.1. The second kappa shape index (κ2) is 9.59. The molecule has 2 amide bonds. The summed E-state index contributed by atoms with van der Waals surface area (Å²) in [6.07, 6.45) is 1.17. The van der Waals surface area contributed by atoms with E-state index in [2.05, 4.69) is 15.9 Å². The van der Waals surface area contributed by atoms with E-state index in [4.69, 9.17) is 10.00 Å². The Morgan fingerprint density at radius 2 is 2.06 bits per heavy atom. The SMILES string of the molecule is CN(C(=O)OC(C)(C)C)[C@@H]1CCCN(C(=O)c2cc(-c3ccc(C#N)c(F)c3)c(Br)s2)C1. The van der Waals surface area contributed by atoms with Gasteiger partial charge in [-0.15, -0.1) is 11.3 Å². The molecule has 0 unspecified atom stereocenters. The maximum absolute atomic E-state index is 14.1. The molecule has 2 aromatic rings. The molecule has 32 heavy (non-hydrogen) atoms. The van der Waals surface area contributed by atoms with Gasteiger partial charge in [0.2, 0.25) is 0 Å². The van der Waals surface area contributed by atoms with Crippen molar-refractivity contribution in [2.75, 3.05) is 20.1 Å². The van der Waals surface area contributed by atoms with E-state index in [1.54, 1.807) is 35.0 Å². The van der Waals surface area contributed by atoms with Crippen LogP contribution >= 0.6 is 27.3 Å². The van der Waals surface area contributed by atoms with E-state index in [0.717, 1.165) is 12.8 Å². The van der Waals surface area contributed by atoms with Crippen LogP contribution in [0.25, 0.3) is 11.1 Å². The molecule has 1 saturated heterocycles. The van der Waals surface area contributed by atoms with Gasteiger partial charge in [-0.25, -0.2) is 9.18 Å². The minimum absolute atomic E-state index is 0.0233. The smallest absolute Gasteiger partial charge is 0.410 e. The number of thiophene rings is 1. The summed E-state index contributed by atoms with van der Waals surface area (Å²) in [4.78, 5) is 29.5. The van der Waals surface area contributed by atoms with Crippen LogP contribution in [-0.2, 0) is 4.74 Å². The Morgan fingerprint density at radius 1 is 1.34 bits per heavy atom. The van der Waals surface area contributed by atoms with Gasteiger partial charge in [0.15, 0.2) is 0 Å². The van der Waals surface area contributed by atoms with Crippen molar-refractivity contribution in [2.45, 2.75) is 45.3 Å². The standard InChI is InChI=1S/C23H25BrFN3O3S/c1-23(2,3)31-22(30)27(4)16-6-5-9-28(13-16)21(29)19-11-17(20(24)32-19)14-7-8-15(12-26)18(25)10-14/h7-8,10-11,16H,5-6,9,13H2,1-4H3/t16-/m1/s1. The van der Waals surface area contributed by atoms with Crippen LogP contribution in [0.3, 0.4) is 0 Å². The van der Waals surface area contributed by atoms with Crippen molar-refractivity contribution in [3.63, 3.8) is 0 Å². The van der Waals surface area contributed by atoms with Crippen molar-refractivity contribution in [2.24, 2.45) is 0 Å². The molecule has 1 aliphatic heterocycles. The van der Waals surface area contributed by atoms with Gasteiger partial charge in [-0.2, -0.15) is 5.26 Å². The number of halogens is 2. The molecule has 0 spiro atoms. The van der Waals surface area contributed by atoms with Gasteiger partial charge in [0.05, 0.1) is 20.3 Å². The number of ether oxygens (including phenoxy) is 1. The zero-order chi connectivity index (χ0) is 23.6. The first-order chi connectivity index (χ1) is 15.0. The highest BCUT2D eigenvalue weighted by molar-refractivity contribution is 9.11. The molecule has 0 N–H and O–H groups in total. The lowest BCUT2D eigenvalue weighted by Crippen LogP contribution is -2.51. The molecule has 0 saturated carbocycles. The number of rotatable bonds is 3. The van der Waals surface area contributed by atoms with Gasteiger partial charge in [0, 0.05) is 25.7 Å². The summed E-state index contributed by atoms with van der Waals surface area (Å²) in [7, 11) is 1.70. The molecule has 2 heterocycles. The molecule has 0 radical (unpaired) electrons. The molecule has 1 aromatic carbocycles. The molecule has 3 rings (SSSR count). The van der Waals surface area contributed by atoms with Gasteiger partial charge in [-0.3, -0.25) is 4.79 Å². The molecule has 0 aliphatic carbocycles. The Hall–Kier alpha value is -2.44. The number of carbonyl (C=O) groups is 2. The van der Waals surface area contributed by atoms with Crippen LogP contribution in [0.2, 0.25) is 0 Å². The predicted molar refractivity (Wildman–Crippen MR) is 125 cm³/mol. The van der Waals surface area contributed by atoms with Crippen LogP contribution < -0.4 is 0 Å². The first-order valence-electron chi connectivity index (χ1n) is 10.2. The summed E-state index contributed by atoms with van der Waals surface area (Å²) in [5.41, 5.74) is 0.677. The maximum Gasteiger partial charge on any atom is 0.410 e. The third kappa shape index (κ3) is 5.48. The van der Waals surface area contributed by atoms with Gasteiger partial charge in [0.25, 0.3) is 5.91 Å². The molecule has 9 heteroatoms. The lowest BCUT2D eigenvalue weighted by Gasteiger charge is -2.37. The number of nitriles is 1. The first kappa shape index (κ1) is 24.2. The van der Waals surface area contributed by atoms with Gasteiger partial charge in [-0.05, 0) is 73.3 Å². The summed E-state index contributed by atoms with van der Waals surface area (Å²) >= 11 is 4.76. The Balaban J connectivity index is 1.75. The summed E-state index contributed by atoms with van der Waals surface area (Å²) < 4.78 is 20.2. The molecular weight excluding hydrogens is 497 g/mol. The summed E-state index contributed by atoms with van der Waals surface area (Å²) in [5.74, 6) is -0.724. The lowest BCUT2D eigenvalue weighted by molar-refractivity contribution is 0.0132. The van der Waals surface area contributed by atoms with Crippen LogP contribution in [-0.4, -0.2) is 53.6 Å². The van der Waals surface area contributed by atoms with Crippen molar-refractivity contribution in [3.05, 3.63) is 44.3 Å². The quantitative estimate of drug-likeness (QED) is 0.522. The second-order valence-electron chi connectivity index (χ2n) is 8.74. The molecule has 170 valence electrons. The number of likely N-dealkylation sites (tertiary alicyclic amines) is 1. The largest absolute Gasteiger partial charge is 0.444 e. The molecule has 0 bridgehead atoms. The minimum Gasteiger partial charge on any atom is -0.444 e. The number of hydrogen-bond donors (Lipinski definition) is 0. The van der Waals surface area contributed by atoms with E-state index in [-0.39, 0.29) is 17.5 Å². The Labute approximate surface area is 199 Å². The van der Waals surface area contributed by atoms with E-state index in [0.29, 0.717) is 32.9 Å². The molecule has 1 fully saturated rings. The Bertz CT molecular complexity index is 1070. The highest BCUT2D eigenvalue weighted by Crippen LogP contribution is 2.37. The Kier molecular flexibility index (Phi) is 7.25. The predicted octanol–water partition coefficient (Wildman–Crippen LogP) is 5.66. The molecule has 1 aromatic heterocycles. The minimum atomic E-state index is -0.597. The van der Waals surface area contributed by atoms with Crippen LogP contribution in [0.1, 0.15) is 48.8 Å². The molecule has 6 nitrogen and oxygen atoms in total. The van der Waals surface area contributed by atoms with E-state index >= 15 is 0 Å². The lowest BCUT2D eigenvalue weighted by atomic mass is 10.0. The zero-order valence-electron chi connectivity index (χ0n) is 18.4. The topological polar surface area (TPSA) is 73.6 Å². The molecule has 1 atom stereocenters. The Morgan fingerprint density at radius 3 is 2.69 bits per heavy atom. The number of nitrogens with zero attached hydrogens (tertiary/aromatic N) is 3. The third-order valence-corrected chi connectivity index (χ3v) is 7.04. The first-order valence-corrected chi connectivity index (χ1v) is 11.9. The van der Waals surface area contributed by atoms with Crippen LogP contribution in [0, 0.1) is 17.1 Å². The van der Waals surface area contributed by atoms with Crippen molar-refractivity contribution in [1.82, 2.24) is 9.80 Å². The van der Waals surface area contributed by atoms with Crippen molar-refractivity contribution in [3.8, 4) is 17.2 Å². The van der Waals surface area contributed by atoms with E-state index in [1.165, 1.54) is 23.5 Å². The highest BCUT2D eigenvalue weighted by atomic mass is 79.9. The normalized spacial score (nSPS) is 16.4. The summed E-state index contributed by atoms with van der Waals surface area (Å²) in [6.45, 7) is 6.49. The third-order valence-electron chi connectivity index (χ3n) is 5.21. The van der Waals surface area contributed by atoms with Gasteiger partial charge < -0.3 is 14.5 Å². The number of benzene rings is 1. The monoisotopic (exact) mass is 521 g/mol. The highest BCUT2D eigenvalue weighted by Gasteiger charge is 2.32. The van der Waals surface area contributed by atoms with Gasteiger partial charge >= 0.3 is 6.09 Å². The fourth-order valence-corrected chi connectivity index (χ4v) is 5.28. The fourth-order valence-electron chi connectivity index (χ4n) is 3.54.